The molecule has 0 aromatic heterocycles. The fraction of sp³-hybridized carbons (Fsp3) is 0.429. The van der Waals surface area contributed by atoms with E-state index in [1.807, 2.05) is 0 Å². The van der Waals surface area contributed by atoms with Crippen LogP contribution in [0, 0.1) is 0 Å². The molecule has 4 nitrogen and oxygen atoms in total. The lowest BCUT2D eigenvalue weighted by atomic mass is 10.0. The minimum absolute atomic E-state index is 0.183. The smallest absolute Gasteiger partial charge is 0.352 e. The van der Waals surface area contributed by atoms with Gasteiger partial charge in [0, 0.05) is 12.0 Å². The molecule has 1 unspecified atom stereocenters. The molecule has 1 atom stereocenters. The van der Waals surface area contributed by atoms with Crippen molar-refractivity contribution in [2.75, 3.05) is 7.11 Å². The van der Waals surface area contributed by atoms with Gasteiger partial charge in [-0.3, -0.25) is 4.79 Å². The summed E-state index contributed by atoms with van der Waals surface area (Å²) in [5, 5.41) is 0. The van der Waals surface area contributed by atoms with Gasteiger partial charge in [-0.2, -0.15) is 0 Å². The van der Waals surface area contributed by atoms with Gasteiger partial charge in [0.05, 0.1) is 13.2 Å². The molecule has 19 heavy (non-hydrogen) atoms. The number of hydrogen-bond acceptors (Lipinski definition) is 4. The van der Waals surface area contributed by atoms with Crippen LogP contribution in [-0.4, -0.2) is 30.6 Å². The van der Waals surface area contributed by atoms with Crippen molar-refractivity contribution in [3.8, 4) is 5.75 Å². The van der Waals surface area contributed by atoms with Crippen molar-refractivity contribution in [1.29, 1.82) is 0 Å². The number of alkyl halides is 1. The second-order valence-corrected chi connectivity index (χ2v) is 4.78. The molecule has 0 amide bonds. The Bertz CT molecular complexity index is 538. The van der Waals surface area contributed by atoms with E-state index >= 15 is 0 Å². The normalized spacial score (nSPS) is 21.4. The lowest BCUT2D eigenvalue weighted by Gasteiger charge is -2.17. The Labute approximate surface area is 110 Å². The molecule has 0 saturated carbocycles. The number of ketones is 1. The summed E-state index contributed by atoms with van der Waals surface area (Å²) in [5.41, 5.74) is -1.93. The zero-order valence-corrected chi connectivity index (χ0v) is 11.0. The Morgan fingerprint density at radius 1 is 1.42 bits per heavy atom. The maximum absolute atomic E-state index is 14.6. The molecular formula is C14H15FO4. The van der Waals surface area contributed by atoms with Crippen LogP contribution in [0.5, 0.6) is 5.75 Å². The highest BCUT2D eigenvalue weighted by atomic mass is 19.1. The first-order chi connectivity index (χ1) is 8.88. The average molecular weight is 266 g/mol. The van der Waals surface area contributed by atoms with Crippen molar-refractivity contribution in [3.63, 3.8) is 0 Å². The topological polar surface area (TPSA) is 52.6 Å². The average Bonchev–Trinajstić information content (AvgIpc) is 2.62. The molecule has 0 bridgehead atoms. The van der Waals surface area contributed by atoms with Gasteiger partial charge in [-0.05, 0) is 31.5 Å². The molecule has 0 fully saturated rings. The summed E-state index contributed by atoms with van der Waals surface area (Å²) >= 11 is 0. The first-order valence-corrected chi connectivity index (χ1v) is 6.00. The standard InChI is InChI=1S/C14H15FO4/c1-8(2)19-13(17)14(15)7-9-4-5-10(18-3)6-11(9)12(14)16/h4-6,8H,7H2,1-3H3. The van der Waals surface area contributed by atoms with E-state index in [0.717, 1.165) is 0 Å². The van der Waals surface area contributed by atoms with Crippen LogP contribution in [-0.2, 0) is 16.0 Å². The molecule has 2 rings (SSSR count). The van der Waals surface area contributed by atoms with Crippen LogP contribution in [0.4, 0.5) is 4.39 Å². The number of halogens is 1. The summed E-state index contributed by atoms with van der Waals surface area (Å²) in [6.45, 7) is 3.22. The number of benzene rings is 1. The van der Waals surface area contributed by atoms with Gasteiger partial charge in [0.15, 0.2) is 0 Å². The maximum Gasteiger partial charge on any atom is 0.352 e. The summed E-state index contributed by atoms with van der Waals surface area (Å²) in [6, 6.07) is 4.67. The fourth-order valence-electron chi connectivity index (χ4n) is 2.08. The number of carbonyl (C=O) groups is 2. The van der Waals surface area contributed by atoms with E-state index < -0.39 is 23.5 Å². The molecular weight excluding hydrogens is 251 g/mol. The number of ether oxygens (including phenoxy) is 2. The summed E-state index contributed by atoms with van der Waals surface area (Å²) in [7, 11) is 1.46. The molecule has 0 saturated heterocycles. The monoisotopic (exact) mass is 266 g/mol. The van der Waals surface area contributed by atoms with Crippen LogP contribution in [0.3, 0.4) is 0 Å². The number of fused-ring (bicyclic) bond motifs is 1. The number of Topliss-reactive ketones (excluding diaryl/α,β-unsaturated/α-hetero) is 1. The van der Waals surface area contributed by atoms with E-state index in [4.69, 9.17) is 9.47 Å². The summed E-state index contributed by atoms with van der Waals surface area (Å²) < 4.78 is 24.4. The second-order valence-electron chi connectivity index (χ2n) is 4.78. The van der Waals surface area contributed by atoms with Crippen molar-refractivity contribution in [2.45, 2.75) is 32.0 Å². The third kappa shape index (κ3) is 2.20. The largest absolute Gasteiger partial charge is 0.497 e. The molecule has 1 aliphatic carbocycles. The van der Waals surface area contributed by atoms with Crippen LogP contribution in [0.1, 0.15) is 29.8 Å². The third-order valence-corrected chi connectivity index (χ3v) is 3.02. The SMILES string of the molecule is COc1ccc2c(c1)C(=O)C(F)(C(=O)OC(C)C)C2. The van der Waals surface area contributed by atoms with Crippen molar-refractivity contribution in [2.24, 2.45) is 0 Å². The number of esters is 1. The van der Waals surface area contributed by atoms with Gasteiger partial charge in [-0.25, -0.2) is 9.18 Å². The van der Waals surface area contributed by atoms with Crippen LogP contribution < -0.4 is 4.74 Å². The summed E-state index contributed by atoms with van der Waals surface area (Å²) in [5.74, 6) is -1.52. The van der Waals surface area contributed by atoms with Gasteiger partial charge < -0.3 is 9.47 Å². The highest BCUT2D eigenvalue weighted by Gasteiger charge is 2.54. The van der Waals surface area contributed by atoms with Crippen LogP contribution in [0.25, 0.3) is 0 Å². The molecule has 0 spiro atoms. The van der Waals surface area contributed by atoms with E-state index in [1.54, 1.807) is 26.0 Å². The fourth-order valence-corrected chi connectivity index (χ4v) is 2.08. The minimum Gasteiger partial charge on any atom is -0.497 e. The first kappa shape index (κ1) is 13.5. The Hall–Kier alpha value is -1.91. The molecule has 0 heterocycles. The Morgan fingerprint density at radius 3 is 2.68 bits per heavy atom. The van der Waals surface area contributed by atoms with Crippen LogP contribution in [0.15, 0.2) is 18.2 Å². The van der Waals surface area contributed by atoms with E-state index in [1.165, 1.54) is 13.2 Å². The van der Waals surface area contributed by atoms with Crippen molar-refractivity contribution >= 4 is 11.8 Å². The van der Waals surface area contributed by atoms with Crippen molar-refractivity contribution in [3.05, 3.63) is 29.3 Å². The molecule has 5 heteroatoms. The summed E-state index contributed by atoms with van der Waals surface area (Å²) in [4.78, 5) is 23.8. The van der Waals surface area contributed by atoms with Gasteiger partial charge in [-0.1, -0.05) is 6.07 Å². The van der Waals surface area contributed by atoms with Gasteiger partial charge in [0.25, 0.3) is 5.67 Å². The lowest BCUT2D eigenvalue weighted by Crippen LogP contribution is -2.42. The van der Waals surface area contributed by atoms with Gasteiger partial charge in [0.2, 0.25) is 5.78 Å². The Balaban J connectivity index is 2.34. The van der Waals surface area contributed by atoms with E-state index in [-0.39, 0.29) is 12.0 Å². The van der Waals surface area contributed by atoms with Crippen molar-refractivity contribution < 1.29 is 23.5 Å². The highest BCUT2D eigenvalue weighted by Crippen LogP contribution is 2.36. The number of hydrogen-bond donors (Lipinski definition) is 0. The second kappa shape index (κ2) is 4.64. The molecule has 0 radical (unpaired) electrons. The maximum atomic E-state index is 14.6. The number of methoxy groups -OCH3 is 1. The lowest BCUT2D eigenvalue weighted by molar-refractivity contribution is -0.157. The quantitative estimate of drug-likeness (QED) is 0.621. The zero-order chi connectivity index (χ0) is 14.2. The van der Waals surface area contributed by atoms with E-state index in [0.29, 0.717) is 11.3 Å². The molecule has 0 aliphatic heterocycles. The van der Waals surface area contributed by atoms with Crippen molar-refractivity contribution in [1.82, 2.24) is 0 Å². The Kier molecular flexibility index (Phi) is 3.30. The Morgan fingerprint density at radius 2 is 2.11 bits per heavy atom. The molecule has 1 aromatic rings. The van der Waals surface area contributed by atoms with E-state index in [2.05, 4.69) is 0 Å². The highest BCUT2D eigenvalue weighted by molar-refractivity contribution is 6.19. The third-order valence-electron chi connectivity index (χ3n) is 3.02. The molecule has 0 N–H and O–H groups in total. The molecule has 102 valence electrons. The summed E-state index contributed by atoms with van der Waals surface area (Å²) in [6.07, 6.45) is -0.748. The number of rotatable bonds is 3. The first-order valence-electron chi connectivity index (χ1n) is 6.00. The van der Waals surface area contributed by atoms with Gasteiger partial charge in [0.1, 0.15) is 5.75 Å². The van der Waals surface area contributed by atoms with Gasteiger partial charge >= 0.3 is 5.97 Å². The van der Waals surface area contributed by atoms with Crippen LogP contribution in [0.2, 0.25) is 0 Å². The van der Waals surface area contributed by atoms with Gasteiger partial charge in [-0.15, -0.1) is 0 Å². The molecule has 1 aliphatic rings. The predicted octanol–water partition coefficient (Wildman–Crippen LogP) is 2.09. The van der Waals surface area contributed by atoms with Crippen LogP contribution >= 0.6 is 0 Å². The molecule has 1 aromatic carbocycles. The van der Waals surface area contributed by atoms with E-state index in [9.17, 15) is 14.0 Å². The predicted molar refractivity (Wildman–Crippen MR) is 66.1 cm³/mol. The zero-order valence-electron chi connectivity index (χ0n) is 11.0. The minimum atomic E-state index is -2.61. The number of carbonyl (C=O) groups excluding carboxylic acids is 2.